The van der Waals surface area contributed by atoms with Crippen LogP contribution in [-0.4, -0.2) is 4.92 Å². The average Bonchev–Trinajstić information content (AvgIpc) is 2.46. The summed E-state index contributed by atoms with van der Waals surface area (Å²) in [7, 11) is 0. The summed E-state index contributed by atoms with van der Waals surface area (Å²) in [6.07, 6.45) is 0. The highest BCUT2D eigenvalue weighted by Crippen LogP contribution is 2.26. The third-order valence-corrected chi connectivity index (χ3v) is 3.95. The molecule has 0 bridgehead atoms. The number of hydrogen-bond acceptors (Lipinski definition) is 3. The van der Waals surface area contributed by atoms with Gasteiger partial charge in [0.25, 0.3) is 5.69 Å². The summed E-state index contributed by atoms with van der Waals surface area (Å²) >= 11 is 3.19. The molecule has 0 heterocycles. The minimum absolute atomic E-state index is 0.0875. The highest BCUT2D eigenvalue weighted by Gasteiger charge is 2.12. The van der Waals surface area contributed by atoms with E-state index in [9.17, 15) is 10.1 Å². The molecule has 1 N–H and O–H groups in total. The molecular weight excluding hydrogens is 332 g/mol. The van der Waals surface area contributed by atoms with Crippen molar-refractivity contribution in [2.45, 2.75) is 26.3 Å². The molecule has 0 saturated carbocycles. The Bertz CT molecular complexity index is 639. The summed E-state index contributed by atoms with van der Waals surface area (Å²) in [6.45, 7) is 4.86. The molecule has 4 nitrogen and oxygen atoms in total. The number of halogens is 1. The van der Waals surface area contributed by atoms with E-state index < -0.39 is 0 Å². The first-order valence-corrected chi connectivity index (χ1v) is 7.53. The molecule has 0 fully saturated rings. The molecule has 2 aromatic rings. The lowest BCUT2D eigenvalue weighted by Crippen LogP contribution is -2.01. The number of nitro groups is 1. The number of hydrogen-bond donors (Lipinski definition) is 1. The topological polar surface area (TPSA) is 55.2 Å². The molecule has 5 heteroatoms. The number of nitrogens with zero attached hydrogens (tertiary/aromatic N) is 1. The molecular formula is C16H17BrN2O2. The van der Waals surface area contributed by atoms with Gasteiger partial charge in [-0.2, -0.15) is 0 Å². The van der Waals surface area contributed by atoms with Crippen molar-refractivity contribution in [1.82, 2.24) is 0 Å². The fourth-order valence-electron chi connectivity index (χ4n) is 2.00. The molecule has 0 saturated heterocycles. The minimum atomic E-state index is -0.384. The molecule has 0 aliphatic heterocycles. The minimum Gasteiger partial charge on any atom is -0.381 e. The Labute approximate surface area is 132 Å². The molecule has 0 aliphatic carbocycles. The maximum Gasteiger partial charge on any atom is 0.283 e. The summed E-state index contributed by atoms with van der Waals surface area (Å²) in [5, 5.41) is 14.2. The van der Waals surface area contributed by atoms with Gasteiger partial charge in [-0.1, -0.05) is 32.0 Å². The van der Waals surface area contributed by atoms with Crippen LogP contribution in [0.2, 0.25) is 0 Å². The Morgan fingerprint density at radius 3 is 2.43 bits per heavy atom. The summed E-state index contributed by atoms with van der Waals surface area (Å²) in [5.41, 5.74) is 3.26. The molecule has 21 heavy (non-hydrogen) atoms. The Morgan fingerprint density at radius 2 is 1.86 bits per heavy atom. The molecule has 0 aromatic heterocycles. The van der Waals surface area contributed by atoms with Crippen molar-refractivity contribution in [2.24, 2.45) is 0 Å². The first-order chi connectivity index (χ1) is 9.97. The Balaban J connectivity index is 2.06. The Kier molecular flexibility index (Phi) is 4.96. The lowest BCUT2D eigenvalue weighted by atomic mass is 10.0. The first-order valence-electron chi connectivity index (χ1n) is 6.74. The van der Waals surface area contributed by atoms with Crippen molar-refractivity contribution in [3.05, 3.63) is 68.2 Å². The van der Waals surface area contributed by atoms with Crippen molar-refractivity contribution in [3.63, 3.8) is 0 Å². The lowest BCUT2D eigenvalue weighted by Gasteiger charge is -2.09. The zero-order valence-corrected chi connectivity index (χ0v) is 13.6. The van der Waals surface area contributed by atoms with Crippen LogP contribution in [0.3, 0.4) is 0 Å². The van der Waals surface area contributed by atoms with E-state index >= 15 is 0 Å². The van der Waals surface area contributed by atoms with Gasteiger partial charge in [-0.25, -0.2) is 0 Å². The van der Waals surface area contributed by atoms with Gasteiger partial charge in [-0.15, -0.1) is 0 Å². The Hall–Kier alpha value is -1.88. The molecule has 0 radical (unpaired) electrons. The molecule has 110 valence electrons. The number of rotatable bonds is 5. The van der Waals surface area contributed by atoms with E-state index in [-0.39, 0.29) is 10.6 Å². The van der Waals surface area contributed by atoms with Gasteiger partial charge >= 0.3 is 0 Å². The van der Waals surface area contributed by atoms with Gasteiger partial charge in [0.15, 0.2) is 0 Å². The Morgan fingerprint density at radius 1 is 1.19 bits per heavy atom. The molecule has 2 rings (SSSR count). The molecule has 0 spiro atoms. The van der Waals surface area contributed by atoms with Crippen molar-refractivity contribution in [1.29, 1.82) is 0 Å². The third-order valence-electron chi connectivity index (χ3n) is 3.28. The van der Waals surface area contributed by atoms with Gasteiger partial charge in [0.05, 0.1) is 9.40 Å². The van der Waals surface area contributed by atoms with E-state index in [1.54, 1.807) is 12.1 Å². The van der Waals surface area contributed by atoms with Crippen LogP contribution in [-0.2, 0) is 6.54 Å². The van der Waals surface area contributed by atoms with Crippen LogP contribution in [0.4, 0.5) is 11.4 Å². The van der Waals surface area contributed by atoms with Crippen LogP contribution >= 0.6 is 15.9 Å². The fourth-order valence-corrected chi connectivity index (χ4v) is 2.39. The second kappa shape index (κ2) is 6.72. The molecule has 0 aliphatic rings. The normalized spacial score (nSPS) is 10.7. The molecule has 0 amide bonds. The van der Waals surface area contributed by atoms with E-state index in [1.807, 2.05) is 18.2 Å². The number of anilines is 1. The predicted octanol–water partition coefficient (Wildman–Crippen LogP) is 5.09. The van der Waals surface area contributed by atoms with Crippen LogP contribution in [0.5, 0.6) is 0 Å². The fraction of sp³-hybridized carbons (Fsp3) is 0.250. The maximum absolute atomic E-state index is 10.9. The van der Waals surface area contributed by atoms with Gasteiger partial charge in [0.1, 0.15) is 0 Å². The maximum atomic E-state index is 10.9. The van der Waals surface area contributed by atoms with Crippen LogP contribution in [0, 0.1) is 10.1 Å². The van der Waals surface area contributed by atoms with Crippen LogP contribution in [0.25, 0.3) is 0 Å². The number of nitro benzene ring substituents is 1. The highest BCUT2D eigenvalue weighted by atomic mass is 79.9. The first kappa shape index (κ1) is 15.5. The third kappa shape index (κ3) is 4.04. The van der Waals surface area contributed by atoms with Gasteiger partial charge < -0.3 is 5.32 Å². The van der Waals surface area contributed by atoms with E-state index in [0.29, 0.717) is 16.9 Å². The van der Waals surface area contributed by atoms with E-state index in [0.717, 1.165) is 11.3 Å². The van der Waals surface area contributed by atoms with E-state index in [4.69, 9.17) is 0 Å². The predicted molar refractivity (Wildman–Crippen MR) is 88.7 cm³/mol. The number of nitrogens with one attached hydrogen (secondary N) is 1. The van der Waals surface area contributed by atoms with Crippen molar-refractivity contribution >= 4 is 27.3 Å². The monoisotopic (exact) mass is 348 g/mol. The summed E-state index contributed by atoms with van der Waals surface area (Å²) in [6, 6.07) is 13.4. The van der Waals surface area contributed by atoms with E-state index in [1.165, 1.54) is 5.56 Å². The van der Waals surface area contributed by atoms with Crippen LogP contribution in [0.1, 0.15) is 30.9 Å². The van der Waals surface area contributed by atoms with E-state index in [2.05, 4.69) is 47.2 Å². The average molecular weight is 349 g/mol. The SMILES string of the molecule is CC(C)c1ccc(NCc2ccc(Br)c([N+](=O)[O-])c2)cc1. The smallest absolute Gasteiger partial charge is 0.283 e. The molecule has 2 aromatic carbocycles. The molecule has 0 atom stereocenters. The quantitative estimate of drug-likeness (QED) is 0.604. The van der Waals surface area contributed by atoms with Gasteiger partial charge in [-0.3, -0.25) is 10.1 Å². The van der Waals surface area contributed by atoms with Crippen molar-refractivity contribution < 1.29 is 4.92 Å². The second-order valence-electron chi connectivity index (χ2n) is 5.17. The van der Waals surface area contributed by atoms with Gasteiger partial charge in [0, 0.05) is 18.3 Å². The largest absolute Gasteiger partial charge is 0.381 e. The standard InChI is InChI=1S/C16H17BrN2O2/c1-11(2)13-4-6-14(7-5-13)18-10-12-3-8-15(17)16(9-12)19(20)21/h3-9,11,18H,10H2,1-2H3. The summed E-state index contributed by atoms with van der Waals surface area (Å²) < 4.78 is 0.498. The van der Waals surface area contributed by atoms with Crippen LogP contribution in [0.15, 0.2) is 46.9 Å². The molecule has 0 unspecified atom stereocenters. The lowest BCUT2D eigenvalue weighted by molar-refractivity contribution is -0.385. The van der Waals surface area contributed by atoms with Crippen molar-refractivity contribution in [2.75, 3.05) is 5.32 Å². The van der Waals surface area contributed by atoms with Gasteiger partial charge in [0.2, 0.25) is 0 Å². The van der Waals surface area contributed by atoms with Crippen LogP contribution < -0.4 is 5.32 Å². The second-order valence-corrected chi connectivity index (χ2v) is 6.03. The summed E-state index contributed by atoms with van der Waals surface area (Å²) in [5.74, 6) is 0.508. The van der Waals surface area contributed by atoms with Gasteiger partial charge in [-0.05, 0) is 51.2 Å². The zero-order valence-electron chi connectivity index (χ0n) is 12.0. The number of benzene rings is 2. The van der Waals surface area contributed by atoms with Crippen molar-refractivity contribution in [3.8, 4) is 0 Å². The zero-order chi connectivity index (χ0) is 15.4. The summed E-state index contributed by atoms with van der Waals surface area (Å²) in [4.78, 5) is 10.5. The highest BCUT2D eigenvalue weighted by molar-refractivity contribution is 9.10.